The van der Waals surface area contributed by atoms with Crippen LogP contribution in [0.25, 0.3) is 6.08 Å². The molecule has 0 aliphatic carbocycles. The van der Waals surface area contributed by atoms with Crippen LogP contribution in [-0.4, -0.2) is 50.2 Å². The molecule has 1 aliphatic heterocycles. The molecule has 1 fully saturated rings. The Morgan fingerprint density at radius 1 is 1.24 bits per heavy atom. The number of nitrogens with zero attached hydrogens (tertiary/aromatic N) is 2. The van der Waals surface area contributed by atoms with Crippen molar-refractivity contribution in [3.05, 3.63) is 68.6 Å². The Morgan fingerprint density at radius 2 is 2.00 bits per heavy atom. The van der Waals surface area contributed by atoms with Gasteiger partial charge < -0.3 is 14.6 Å². The fourth-order valence-electron chi connectivity index (χ4n) is 2.80. The van der Waals surface area contributed by atoms with Crippen LogP contribution >= 0.6 is 24.0 Å². The van der Waals surface area contributed by atoms with Gasteiger partial charge >= 0.3 is 11.9 Å². The molecule has 1 saturated heterocycles. The predicted octanol–water partition coefficient (Wildman–Crippen LogP) is 3.50. The van der Waals surface area contributed by atoms with Crippen LogP contribution in [-0.2, 0) is 9.59 Å². The number of ether oxygens (including phenoxy) is 2. The normalized spacial score (nSPS) is 14.5. The molecule has 1 amide bonds. The lowest BCUT2D eigenvalue weighted by Crippen LogP contribution is -2.33. The number of carboxylic acids is 1. The van der Waals surface area contributed by atoms with Gasteiger partial charge in [0.05, 0.1) is 22.0 Å². The summed E-state index contributed by atoms with van der Waals surface area (Å²) in [4.78, 5) is 47.4. The average molecular weight is 488 g/mol. The largest absolute Gasteiger partial charge is 0.490 e. The minimum atomic E-state index is -1.18. The van der Waals surface area contributed by atoms with Gasteiger partial charge in [-0.2, -0.15) is 0 Å². The minimum absolute atomic E-state index is 0.00201. The smallest absolute Gasteiger partial charge is 0.343 e. The van der Waals surface area contributed by atoms with Crippen LogP contribution in [0.15, 0.2) is 47.4 Å². The van der Waals surface area contributed by atoms with E-state index in [1.165, 1.54) is 30.3 Å². The zero-order valence-electron chi connectivity index (χ0n) is 17.0. The number of thioether (sulfide) groups is 1. The Bertz CT molecular complexity index is 1190. The van der Waals surface area contributed by atoms with Crippen molar-refractivity contribution in [1.29, 1.82) is 0 Å². The number of hydrogen-bond donors (Lipinski definition) is 1. The summed E-state index contributed by atoms with van der Waals surface area (Å²) >= 11 is 6.05. The number of rotatable bonds is 8. The number of carbonyl (C=O) groups is 3. The summed E-state index contributed by atoms with van der Waals surface area (Å²) in [6.45, 7) is 1.46. The van der Waals surface area contributed by atoms with Crippen LogP contribution in [0.5, 0.6) is 11.5 Å². The molecule has 0 radical (unpaired) electrons. The van der Waals surface area contributed by atoms with Crippen LogP contribution in [0, 0.1) is 10.1 Å². The Hall–Kier alpha value is -3.77. The first-order chi connectivity index (χ1) is 15.7. The third-order valence-electron chi connectivity index (χ3n) is 4.23. The van der Waals surface area contributed by atoms with Crippen molar-refractivity contribution in [3.8, 4) is 11.5 Å². The molecule has 2 aromatic carbocycles. The molecule has 0 atom stereocenters. The number of esters is 1. The second-order valence-corrected chi connectivity index (χ2v) is 8.17. The molecule has 170 valence electrons. The number of carbonyl (C=O) groups excluding carboxylic acids is 2. The van der Waals surface area contributed by atoms with E-state index in [-0.39, 0.29) is 38.6 Å². The minimum Gasteiger partial charge on any atom is -0.490 e. The predicted molar refractivity (Wildman–Crippen MR) is 123 cm³/mol. The molecule has 0 bridgehead atoms. The van der Waals surface area contributed by atoms with Gasteiger partial charge in [-0.05, 0) is 36.8 Å². The quantitative estimate of drug-likeness (QED) is 0.147. The second-order valence-electron chi connectivity index (χ2n) is 6.50. The Labute approximate surface area is 196 Å². The van der Waals surface area contributed by atoms with E-state index in [2.05, 4.69) is 0 Å². The molecular weight excluding hydrogens is 472 g/mol. The number of non-ortho nitro benzene ring substituents is 1. The number of thiocarbonyl (C=S) groups is 1. The third kappa shape index (κ3) is 5.73. The van der Waals surface area contributed by atoms with E-state index in [1.807, 2.05) is 0 Å². The number of benzene rings is 2. The summed E-state index contributed by atoms with van der Waals surface area (Å²) < 4.78 is 11.1. The van der Waals surface area contributed by atoms with Crippen LogP contribution in [0.1, 0.15) is 22.8 Å². The summed E-state index contributed by atoms with van der Waals surface area (Å²) in [6.07, 6.45) is 1.52. The van der Waals surface area contributed by atoms with Gasteiger partial charge in [0.15, 0.2) is 11.5 Å². The van der Waals surface area contributed by atoms with Crippen molar-refractivity contribution < 1.29 is 33.9 Å². The molecule has 0 spiro atoms. The maximum absolute atomic E-state index is 12.5. The van der Waals surface area contributed by atoms with Crippen molar-refractivity contribution in [3.63, 3.8) is 0 Å². The lowest BCUT2D eigenvalue weighted by molar-refractivity contribution is -0.384. The molecule has 3 rings (SSSR count). The van der Waals surface area contributed by atoms with Gasteiger partial charge in [-0.25, -0.2) is 4.79 Å². The SMILES string of the molecule is CCOc1cc(/C=C2\SC(=S)N(CC(=O)O)C2=O)ccc1OC(=O)c1cccc([N+](=O)[O-])c1. The maximum Gasteiger partial charge on any atom is 0.343 e. The van der Waals surface area contributed by atoms with Crippen molar-refractivity contribution >= 4 is 57.9 Å². The lowest BCUT2D eigenvalue weighted by atomic mass is 10.1. The molecule has 1 N–H and O–H groups in total. The second kappa shape index (κ2) is 10.2. The van der Waals surface area contributed by atoms with Gasteiger partial charge in [0, 0.05) is 12.1 Å². The summed E-state index contributed by atoms with van der Waals surface area (Å²) in [6, 6.07) is 9.72. The first-order valence-electron chi connectivity index (χ1n) is 9.40. The first kappa shape index (κ1) is 23.9. The molecule has 0 aromatic heterocycles. The van der Waals surface area contributed by atoms with Gasteiger partial charge in [0.25, 0.3) is 11.6 Å². The number of nitro benzene ring substituents is 1. The fraction of sp³-hybridized carbons (Fsp3) is 0.143. The van der Waals surface area contributed by atoms with Crippen molar-refractivity contribution in [2.75, 3.05) is 13.2 Å². The van der Waals surface area contributed by atoms with E-state index in [1.54, 1.807) is 19.1 Å². The highest BCUT2D eigenvalue weighted by Gasteiger charge is 2.33. The van der Waals surface area contributed by atoms with E-state index in [0.717, 1.165) is 22.7 Å². The molecule has 1 heterocycles. The number of aliphatic carboxylic acids is 1. The molecule has 33 heavy (non-hydrogen) atoms. The zero-order valence-corrected chi connectivity index (χ0v) is 18.7. The molecule has 2 aromatic rings. The molecule has 0 unspecified atom stereocenters. The Kier molecular flexibility index (Phi) is 7.41. The molecule has 0 saturated carbocycles. The van der Waals surface area contributed by atoms with Crippen molar-refractivity contribution in [1.82, 2.24) is 4.90 Å². The highest BCUT2D eigenvalue weighted by molar-refractivity contribution is 8.26. The molecular formula is C21H16N2O8S2. The Balaban J connectivity index is 1.84. The highest BCUT2D eigenvalue weighted by atomic mass is 32.2. The summed E-state index contributed by atoms with van der Waals surface area (Å²) in [5.41, 5.74) is 0.285. The maximum atomic E-state index is 12.5. The number of carboxylic acid groups (broad SMARTS) is 1. The van der Waals surface area contributed by atoms with Crippen molar-refractivity contribution in [2.24, 2.45) is 0 Å². The number of hydrogen-bond acceptors (Lipinski definition) is 9. The number of amides is 1. The lowest BCUT2D eigenvalue weighted by Gasteiger charge is -2.12. The van der Waals surface area contributed by atoms with Gasteiger partial charge in [0.2, 0.25) is 0 Å². The summed E-state index contributed by atoms with van der Waals surface area (Å²) in [7, 11) is 0. The van der Waals surface area contributed by atoms with Gasteiger partial charge in [-0.1, -0.05) is 36.1 Å². The van der Waals surface area contributed by atoms with Crippen LogP contribution in [0.2, 0.25) is 0 Å². The van der Waals surface area contributed by atoms with Crippen LogP contribution < -0.4 is 9.47 Å². The summed E-state index contributed by atoms with van der Waals surface area (Å²) in [5, 5.41) is 19.9. The Morgan fingerprint density at radius 3 is 2.67 bits per heavy atom. The van der Waals surface area contributed by atoms with Gasteiger partial charge in [-0.15, -0.1) is 0 Å². The molecule has 1 aliphatic rings. The van der Waals surface area contributed by atoms with E-state index < -0.39 is 29.3 Å². The monoisotopic (exact) mass is 488 g/mol. The number of nitro groups is 1. The zero-order chi connectivity index (χ0) is 24.1. The fourth-order valence-corrected chi connectivity index (χ4v) is 4.05. The average Bonchev–Trinajstić information content (AvgIpc) is 3.02. The molecule has 10 nitrogen and oxygen atoms in total. The van der Waals surface area contributed by atoms with E-state index in [4.69, 9.17) is 26.8 Å². The highest BCUT2D eigenvalue weighted by Crippen LogP contribution is 2.35. The first-order valence-corrected chi connectivity index (χ1v) is 10.6. The van der Waals surface area contributed by atoms with Gasteiger partial charge in [-0.3, -0.25) is 24.6 Å². The van der Waals surface area contributed by atoms with Crippen LogP contribution in [0.4, 0.5) is 5.69 Å². The van der Waals surface area contributed by atoms with E-state index in [9.17, 15) is 24.5 Å². The van der Waals surface area contributed by atoms with Crippen molar-refractivity contribution in [2.45, 2.75) is 6.92 Å². The van der Waals surface area contributed by atoms with Gasteiger partial charge in [0.1, 0.15) is 10.9 Å². The van der Waals surface area contributed by atoms with E-state index in [0.29, 0.717) is 5.56 Å². The summed E-state index contributed by atoms with van der Waals surface area (Å²) in [5.74, 6) is -2.20. The molecule has 12 heteroatoms. The van der Waals surface area contributed by atoms with E-state index >= 15 is 0 Å². The topological polar surface area (TPSA) is 136 Å². The standard InChI is InChI=1S/C21H16N2O8S2/c1-2-30-16-8-12(9-17-19(26)22(11-18(24)25)21(32)33-17)6-7-15(16)31-20(27)13-4-3-5-14(10-13)23(28)29/h3-10H,2,11H2,1H3,(H,24,25)/b17-9-. The third-order valence-corrected chi connectivity index (χ3v) is 5.61. The van der Waals surface area contributed by atoms with Crippen LogP contribution in [0.3, 0.4) is 0 Å².